The van der Waals surface area contributed by atoms with Crippen molar-refractivity contribution in [3.05, 3.63) is 65.0 Å². The Balaban J connectivity index is 1.47. The van der Waals surface area contributed by atoms with Crippen LogP contribution in [0.3, 0.4) is 0 Å². The largest absolute Gasteiger partial charge is 0.367 e. The van der Waals surface area contributed by atoms with E-state index in [1.165, 1.54) is 5.56 Å². The molecule has 0 saturated carbocycles. The van der Waals surface area contributed by atoms with Crippen molar-refractivity contribution >= 4 is 11.7 Å². The van der Waals surface area contributed by atoms with E-state index in [2.05, 4.69) is 32.9 Å². The molecule has 2 N–H and O–H groups in total. The molecule has 3 rings (SSSR count). The molecule has 2 heterocycles. The SMILES string of the molecule is CCc1ccc(C(=O)NCCNc2ccc(-n3nc(C)cc3C)nn2)cc1. The van der Waals surface area contributed by atoms with Crippen molar-refractivity contribution in [1.29, 1.82) is 0 Å². The number of nitrogens with zero attached hydrogens (tertiary/aromatic N) is 4. The molecule has 7 heteroatoms. The van der Waals surface area contributed by atoms with Crippen LogP contribution < -0.4 is 10.6 Å². The summed E-state index contributed by atoms with van der Waals surface area (Å²) in [5.41, 5.74) is 3.84. The van der Waals surface area contributed by atoms with Crippen molar-refractivity contribution in [3.8, 4) is 5.82 Å². The number of aryl methyl sites for hydroxylation is 3. The van der Waals surface area contributed by atoms with E-state index in [1.807, 2.05) is 56.3 Å². The Morgan fingerprint density at radius 3 is 2.41 bits per heavy atom. The predicted octanol–water partition coefficient (Wildman–Crippen LogP) is 2.68. The Labute approximate surface area is 158 Å². The topological polar surface area (TPSA) is 84.7 Å². The van der Waals surface area contributed by atoms with E-state index < -0.39 is 0 Å². The molecule has 1 amide bonds. The maximum atomic E-state index is 12.1. The minimum absolute atomic E-state index is 0.0783. The van der Waals surface area contributed by atoms with Crippen LogP contribution in [0.4, 0.5) is 5.82 Å². The fraction of sp³-hybridized carbons (Fsp3) is 0.300. The van der Waals surface area contributed by atoms with E-state index >= 15 is 0 Å². The third-order valence-corrected chi connectivity index (χ3v) is 4.22. The normalized spacial score (nSPS) is 10.6. The zero-order valence-electron chi connectivity index (χ0n) is 15.9. The van der Waals surface area contributed by atoms with Gasteiger partial charge in [-0.15, -0.1) is 10.2 Å². The first kappa shape index (κ1) is 18.6. The van der Waals surface area contributed by atoms with Gasteiger partial charge in [0.2, 0.25) is 0 Å². The van der Waals surface area contributed by atoms with Crippen molar-refractivity contribution < 1.29 is 4.79 Å². The minimum atomic E-state index is -0.0783. The molecule has 140 valence electrons. The predicted molar refractivity (Wildman–Crippen MR) is 105 cm³/mol. The van der Waals surface area contributed by atoms with Gasteiger partial charge in [-0.05, 0) is 56.2 Å². The number of benzene rings is 1. The Bertz CT molecular complexity index is 899. The Kier molecular flexibility index (Phi) is 5.80. The van der Waals surface area contributed by atoms with Gasteiger partial charge in [0.05, 0.1) is 5.69 Å². The molecule has 3 aromatic rings. The van der Waals surface area contributed by atoms with Crippen LogP contribution in [0.2, 0.25) is 0 Å². The molecule has 27 heavy (non-hydrogen) atoms. The van der Waals surface area contributed by atoms with Gasteiger partial charge >= 0.3 is 0 Å². The first-order chi connectivity index (χ1) is 13.1. The first-order valence-electron chi connectivity index (χ1n) is 9.05. The van der Waals surface area contributed by atoms with Gasteiger partial charge < -0.3 is 10.6 Å². The fourth-order valence-electron chi connectivity index (χ4n) is 2.75. The zero-order valence-corrected chi connectivity index (χ0v) is 15.9. The number of hydrogen-bond acceptors (Lipinski definition) is 5. The molecule has 7 nitrogen and oxygen atoms in total. The van der Waals surface area contributed by atoms with Crippen molar-refractivity contribution in [1.82, 2.24) is 25.3 Å². The van der Waals surface area contributed by atoms with E-state index in [9.17, 15) is 4.79 Å². The summed E-state index contributed by atoms with van der Waals surface area (Å²) in [6.45, 7) is 7.07. The van der Waals surface area contributed by atoms with E-state index in [-0.39, 0.29) is 5.91 Å². The summed E-state index contributed by atoms with van der Waals surface area (Å²) in [5, 5.41) is 18.8. The molecule has 0 radical (unpaired) electrons. The molecular formula is C20H24N6O. The molecule has 0 atom stereocenters. The van der Waals surface area contributed by atoms with E-state index in [1.54, 1.807) is 4.68 Å². The quantitative estimate of drug-likeness (QED) is 0.630. The van der Waals surface area contributed by atoms with Crippen LogP contribution in [-0.4, -0.2) is 39.0 Å². The molecule has 0 bridgehead atoms. The van der Waals surface area contributed by atoms with Crippen molar-refractivity contribution in [2.24, 2.45) is 0 Å². The molecule has 0 aliphatic rings. The number of carbonyl (C=O) groups excluding carboxylic acids is 1. The van der Waals surface area contributed by atoms with Crippen LogP contribution in [0.1, 0.15) is 34.2 Å². The van der Waals surface area contributed by atoms with Crippen LogP contribution in [0, 0.1) is 13.8 Å². The van der Waals surface area contributed by atoms with E-state index in [0.29, 0.717) is 30.3 Å². The highest BCUT2D eigenvalue weighted by Gasteiger charge is 2.06. The summed E-state index contributed by atoms with van der Waals surface area (Å²) in [7, 11) is 0. The Morgan fingerprint density at radius 1 is 1.04 bits per heavy atom. The summed E-state index contributed by atoms with van der Waals surface area (Å²) in [6.07, 6.45) is 0.964. The second-order valence-electron chi connectivity index (χ2n) is 6.35. The van der Waals surface area contributed by atoms with Gasteiger partial charge in [0, 0.05) is 24.3 Å². The lowest BCUT2D eigenvalue weighted by Crippen LogP contribution is -2.28. The van der Waals surface area contributed by atoms with Crippen LogP contribution >= 0.6 is 0 Å². The summed E-state index contributed by atoms with van der Waals surface area (Å²) in [4.78, 5) is 12.1. The number of hydrogen-bond donors (Lipinski definition) is 2. The minimum Gasteiger partial charge on any atom is -0.367 e. The van der Waals surface area contributed by atoms with Gasteiger partial charge in [-0.2, -0.15) is 5.10 Å². The molecule has 2 aromatic heterocycles. The van der Waals surface area contributed by atoms with Crippen LogP contribution in [0.15, 0.2) is 42.5 Å². The Hall–Kier alpha value is -3.22. The second kappa shape index (κ2) is 8.44. The van der Waals surface area contributed by atoms with Gasteiger partial charge in [0.25, 0.3) is 5.91 Å². The highest BCUT2D eigenvalue weighted by Crippen LogP contribution is 2.10. The average molecular weight is 364 g/mol. The highest BCUT2D eigenvalue weighted by atomic mass is 16.1. The molecule has 1 aromatic carbocycles. The molecule has 0 spiro atoms. The third kappa shape index (κ3) is 4.69. The summed E-state index contributed by atoms with van der Waals surface area (Å²) < 4.78 is 1.76. The average Bonchev–Trinajstić information content (AvgIpc) is 3.03. The number of anilines is 1. The third-order valence-electron chi connectivity index (χ3n) is 4.22. The Morgan fingerprint density at radius 2 is 1.81 bits per heavy atom. The van der Waals surface area contributed by atoms with Crippen molar-refractivity contribution in [2.45, 2.75) is 27.2 Å². The number of amides is 1. The molecule has 0 fully saturated rings. The molecular weight excluding hydrogens is 340 g/mol. The lowest BCUT2D eigenvalue weighted by molar-refractivity contribution is 0.0955. The standard InChI is InChI=1S/C20H24N6O/c1-4-16-5-7-17(8-6-16)20(27)22-12-11-21-18-9-10-19(24-23-18)26-15(3)13-14(2)25-26/h5-10,13H,4,11-12H2,1-3H3,(H,21,23)(H,22,27). The fourth-order valence-corrected chi connectivity index (χ4v) is 2.75. The molecule has 0 aliphatic carbocycles. The lowest BCUT2D eigenvalue weighted by Gasteiger charge is -2.08. The van der Waals surface area contributed by atoms with Gasteiger partial charge in [0.1, 0.15) is 5.82 Å². The van der Waals surface area contributed by atoms with Gasteiger partial charge in [-0.3, -0.25) is 4.79 Å². The first-order valence-corrected chi connectivity index (χ1v) is 9.05. The van der Waals surface area contributed by atoms with Crippen LogP contribution in [0.25, 0.3) is 5.82 Å². The summed E-state index contributed by atoms with van der Waals surface area (Å²) >= 11 is 0. The van der Waals surface area contributed by atoms with Gasteiger partial charge in [-0.1, -0.05) is 19.1 Å². The van der Waals surface area contributed by atoms with Gasteiger partial charge in [-0.25, -0.2) is 4.68 Å². The van der Waals surface area contributed by atoms with Gasteiger partial charge in [0.15, 0.2) is 5.82 Å². The second-order valence-corrected chi connectivity index (χ2v) is 6.35. The number of aromatic nitrogens is 4. The summed E-state index contributed by atoms with van der Waals surface area (Å²) in [6, 6.07) is 13.4. The van der Waals surface area contributed by atoms with Crippen molar-refractivity contribution in [3.63, 3.8) is 0 Å². The molecule has 0 aliphatic heterocycles. The number of carbonyl (C=O) groups is 1. The van der Waals surface area contributed by atoms with E-state index in [4.69, 9.17) is 0 Å². The number of nitrogens with one attached hydrogen (secondary N) is 2. The zero-order chi connectivity index (χ0) is 19.2. The smallest absolute Gasteiger partial charge is 0.251 e. The maximum absolute atomic E-state index is 12.1. The van der Waals surface area contributed by atoms with Crippen LogP contribution in [-0.2, 0) is 6.42 Å². The monoisotopic (exact) mass is 364 g/mol. The van der Waals surface area contributed by atoms with Crippen LogP contribution in [0.5, 0.6) is 0 Å². The molecule has 0 unspecified atom stereocenters. The molecule has 0 saturated heterocycles. The number of rotatable bonds is 7. The van der Waals surface area contributed by atoms with E-state index in [0.717, 1.165) is 17.8 Å². The lowest BCUT2D eigenvalue weighted by atomic mass is 10.1. The highest BCUT2D eigenvalue weighted by molar-refractivity contribution is 5.94. The maximum Gasteiger partial charge on any atom is 0.251 e. The van der Waals surface area contributed by atoms with Crippen molar-refractivity contribution in [2.75, 3.05) is 18.4 Å². The summed E-state index contributed by atoms with van der Waals surface area (Å²) in [5.74, 6) is 1.25.